The Morgan fingerprint density at radius 2 is 1.83 bits per heavy atom. The summed E-state index contributed by atoms with van der Waals surface area (Å²) < 4.78 is 35.7. The summed E-state index contributed by atoms with van der Waals surface area (Å²) in [5, 5.41) is 18.7. The van der Waals surface area contributed by atoms with E-state index in [9.17, 15) is 13.2 Å². The maximum atomic E-state index is 12.4. The van der Waals surface area contributed by atoms with E-state index >= 15 is 0 Å². The van der Waals surface area contributed by atoms with Gasteiger partial charge >= 0.3 is 0 Å². The molecule has 2 unspecified atom stereocenters. The molecule has 3 nitrogen and oxygen atoms in total. The third-order valence-corrected chi connectivity index (χ3v) is 1.23. The Morgan fingerprint density at radius 3 is 2.25 bits per heavy atom. The van der Waals surface area contributed by atoms with Gasteiger partial charge in [-0.15, -0.1) is 0 Å². The lowest BCUT2D eigenvalue weighted by Crippen LogP contribution is -2.41. The van der Waals surface area contributed by atoms with Gasteiger partial charge in [0, 0.05) is 13.2 Å². The predicted octanol–water partition coefficient (Wildman–Crippen LogP) is -0.120. The molecule has 0 bridgehead atoms. The summed E-state index contributed by atoms with van der Waals surface area (Å²) in [6.07, 6.45) is -7.28. The zero-order valence-electron chi connectivity index (χ0n) is 6.38. The maximum absolute atomic E-state index is 12.4. The number of halogens is 3. The van der Waals surface area contributed by atoms with Crippen LogP contribution in [-0.2, 0) is 0 Å². The zero-order valence-corrected chi connectivity index (χ0v) is 6.38. The van der Waals surface area contributed by atoms with Gasteiger partial charge in [0.15, 0.2) is 12.4 Å². The lowest BCUT2D eigenvalue weighted by Gasteiger charge is -2.15. The second-order valence-corrected chi connectivity index (χ2v) is 2.26. The van der Waals surface area contributed by atoms with Crippen molar-refractivity contribution in [2.45, 2.75) is 25.2 Å². The van der Waals surface area contributed by atoms with Crippen LogP contribution >= 0.6 is 0 Å². The number of rotatable bonds is 6. The molecule has 3 N–H and O–H groups in total. The van der Waals surface area contributed by atoms with Crippen molar-refractivity contribution in [1.29, 1.82) is 0 Å². The quantitative estimate of drug-likeness (QED) is 0.401. The van der Waals surface area contributed by atoms with E-state index in [2.05, 4.69) is 0 Å². The molecule has 0 aliphatic rings. The fourth-order valence-electron chi connectivity index (χ4n) is 0.567. The monoisotopic (exact) mass is 187 g/mol. The van der Waals surface area contributed by atoms with Gasteiger partial charge in [-0.25, -0.2) is 13.2 Å². The van der Waals surface area contributed by atoms with Gasteiger partial charge in [-0.2, -0.15) is 0 Å². The molecule has 0 amide bonds. The molecule has 0 saturated heterocycles. The molecular formula is C6H12F3NO2. The van der Waals surface area contributed by atoms with Crippen LogP contribution in [0.1, 0.15) is 6.42 Å². The van der Waals surface area contributed by atoms with Crippen molar-refractivity contribution in [3.63, 3.8) is 0 Å². The molecule has 0 fully saturated rings. The van der Waals surface area contributed by atoms with Crippen LogP contribution in [0.25, 0.3) is 0 Å². The van der Waals surface area contributed by atoms with Crippen LogP contribution in [0, 0.1) is 0 Å². The summed E-state index contributed by atoms with van der Waals surface area (Å²) in [7, 11) is 0. The maximum Gasteiger partial charge on any atom is 0.268 e. The minimum Gasteiger partial charge on any atom is -0.396 e. The molecule has 0 radical (unpaired) electrons. The molecule has 0 aliphatic carbocycles. The van der Waals surface area contributed by atoms with Crippen molar-refractivity contribution in [3.8, 4) is 0 Å². The second-order valence-electron chi connectivity index (χ2n) is 2.26. The first kappa shape index (κ1) is 11.7. The first-order valence-corrected chi connectivity index (χ1v) is 3.54. The lowest BCUT2D eigenvalue weighted by molar-refractivity contribution is -0.0577. The Hall–Kier alpha value is -0.330. The van der Waals surface area contributed by atoms with E-state index < -0.39 is 18.8 Å². The number of nitrogens with one attached hydrogen (secondary N) is 1. The highest BCUT2D eigenvalue weighted by atomic mass is 19.3. The molecule has 0 aromatic carbocycles. The molecular weight excluding hydrogens is 175 g/mol. The Kier molecular flexibility index (Phi) is 6.04. The summed E-state index contributed by atoms with van der Waals surface area (Å²) in [6, 6.07) is 0. The van der Waals surface area contributed by atoms with E-state index in [1.54, 1.807) is 0 Å². The number of alkyl halides is 3. The van der Waals surface area contributed by atoms with Crippen LogP contribution in [0.3, 0.4) is 0 Å². The highest BCUT2D eigenvalue weighted by Crippen LogP contribution is 2.06. The first-order chi connectivity index (χ1) is 5.59. The molecule has 74 valence electrons. The first-order valence-electron chi connectivity index (χ1n) is 3.54. The van der Waals surface area contributed by atoms with Gasteiger partial charge in [0.1, 0.15) is 0 Å². The van der Waals surface area contributed by atoms with Crippen molar-refractivity contribution < 1.29 is 23.4 Å². The summed E-state index contributed by atoms with van der Waals surface area (Å²) in [6.45, 7) is -0.0913. The minimum absolute atomic E-state index is 0.0570. The van der Waals surface area contributed by atoms with E-state index in [1.807, 2.05) is 5.32 Å². The largest absolute Gasteiger partial charge is 0.396 e. The normalized spacial score (nSPS) is 16.5. The fourth-order valence-corrected chi connectivity index (χ4v) is 0.567. The molecule has 2 atom stereocenters. The van der Waals surface area contributed by atoms with Crippen LogP contribution in [-0.4, -0.2) is 42.2 Å². The van der Waals surface area contributed by atoms with Gasteiger partial charge in [-0.05, 0) is 6.42 Å². The average Bonchev–Trinajstić information content (AvgIpc) is 2.03. The SMILES string of the molecule is OCCCNC(F)C(O)C(F)F. The minimum atomic E-state index is -3.10. The molecule has 0 rings (SSSR count). The van der Waals surface area contributed by atoms with Crippen molar-refractivity contribution >= 4 is 0 Å². The number of aliphatic hydroxyl groups is 2. The summed E-state index contributed by atoms with van der Waals surface area (Å²) in [5.74, 6) is 0. The van der Waals surface area contributed by atoms with E-state index in [-0.39, 0.29) is 19.6 Å². The van der Waals surface area contributed by atoms with E-state index in [1.165, 1.54) is 0 Å². The smallest absolute Gasteiger partial charge is 0.268 e. The van der Waals surface area contributed by atoms with Crippen LogP contribution < -0.4 is 5.32 Å². The fraction of sp³-hybridized carbons (Fsp3) is 1.00. The molecule has 0 spiro atoms. The molecule has 0 aliphatic heterocycles. The third kappa shape index (κ3) is 4.53. The van der Waals surface area contributed by atoms with Crippen LogP contribution in [0.15, 0.2) is 0 Å². The predicted molar refractivity (Wildman–Crippen MR) is 36.6 cm³/mol. The van der Waals surface area contributed by atoms with E-state index in [0.29, 0.717) is 0 Å². The molecule has 0 saturated carbocycles. The van der Waals surface area contributed by atoms with Crippen molar-refractivity contribution in [3.05, 3.63) is 0 Å². The Morgan fingerprint density at radius 1 is 1.25 bits per heavy atom. The Labute approximate surface area is 68.2 Å². The molecule has 0 aromatic rings. The highest BCUT2D eigenvalue weighted by Gasteiger charge is 2.26. The van der Waals surface area contributed by atoms with Crippen molar-refractivity contribution in [2.75, 3.05) is 13.2 Å². The number of aliphatic hydroxyl groups excluding tert-OH is 2. The van der Waals surface area contributed by atoms with Crippen LogP contribution in [0.4, 0.5) is 13.2 Å². The van der Waals surface area contributed by atoms with Gasteiger partial charge < -0.3 is 10.2 Å². The van der Waals surface area contributed by atoms with Crippen molar-refractivity contribution in [1.82, 2.24) is 5.32 Å². The van der Waals surface area contributed by atoms with Gasteiger partial charge in [0.05, 0.1) is 0 Å². The van der Waals surface area contributed by atoms with Crippen LogP contribution in [0.2, 0.25) is 0 Å². The van der Waals surface area contributed by atoms with Gasteiger partial charge in [-0.3, -0.25) is 5.32 Å². The molecule has 0 heterocycles. The molecule has 6 heteroatoms. The molecule has 0 aromatic heterocycles. The number of hydrogen-bond acceptors (Lipinski definition) is 3. The lowest BCUT2D eigenvalue weighted by atomic mass is 10.3. The van der Waals surface area contributed by atoms with Crippen LogP contribution in [0.5, 0.6) is 0 Å². The standard InChI is InChI=1S/C6H12F3NO2/c7-5(8)4(12)6(9)10-2-1-3-11/h4-6,10-12H,1-3H2. The second kappa shape index (κ2) is 6.22. The summed E-state index contributed by atoms with van der Waals surface area (Å²) in [4.78, 5) is 0. The Bertz CT molecular complexity index is 115. The highest BCUT2D eigenvalue weighted by molar-refractivity contribution is 4.67. The summed E-state index contributed by atoms with van der Waals surface area (Å²) >= 11 is 0. The molecule has 12 heavy (non-hydrogen) atoms. The topological polar surface area (TPSA) is 52.5 Å². The zero-order chi connectivity index (χ0) is 9.56. The average molecular weight is 187 g/mol. The van der Waals surface area contributed by atoms with Crippen molar-refractivity contribution in [2.24, 2.45) is 0 Å². The summed E-state index contributed by atoms with van der Waals surface area (Å²) in [5.41, 5.74) is 0. The van der Waals surface area contributed by atoms with Gasteiger partial charge in [-0.1, -0.05) is 0 Å². The van der Waals surface area contributed by atoms with Gasteiger partial charge in [0.2, 0.25) is 0 Å². The van der Waals surface area contributed by atoms with Gasteiger partial charge in [0.25, 0.3) is 6.43 Å². The third-order valence-electron chi connectivity index (χ3n) is 1.23. The van der Waals surface area contributed by atoms with E-state index in [4.69, 9.17) is 10.2 Å². The van der Waals surface area contributed by atoms with E-state index in [0.717, 1.165) is 0 Å². The number of hydrogen-bond donors (Lipinski definition) is 3. The Balaban J connectivity index is 3.49.